The third kappa shape index (κ3) is 3.69. The van der Waals surface area contributed by atoms with Crippen molar-refractivity contribution in [1.82, 2.24) is 15.5 Å². The molecule has 1 aromatic heterocycles. The zero-order valence-corrected chi connectivity index (χ0v) is 14.9. The summed E-state index contributed by atoms with van der Waals surface area (Å²) in [6, 6.07) is 10.9. The number of aryl methyl sites for hydroxylation is 2. The van der Waals surface area contributed by atoms with Crippen LogP contribution in [0.4, 0.5) is 10.5 Å². The van der Waals surface area contributed by atoms with Crippen LogP contribution < -0.4 is 20.1 Å². The Balaban J connectivity index is 1.37. The van der Waals surface area contributed by atoms with Crippen LogP contribution in [0.15, 0.2) is 40.9 Å². The molecule has 2 heterocycles. The number of aromatic nitrogens is 2. The summed E-state index contributed by atoms with van der Waals surface area (Å²) >= 11 is 0. The van der Waals surface area contributed by atoms with Gasteiger partial charge in [-0.1, -0.05) is 22.9 Å². The van der Waals surface area contributed by atoms with Gasteiger partial charge in [0.1, 0.15) is 0 Å². The lowest BCUT2D eigenvalue weighted by molar-refractivity contribution is 0.174. The maximum Gasteiger partial charge on any atom is 0.319 e. The van der Waals surface area contributed by atoms with Crippen LogP contribution in [-0.2, 0) is 6.54 Å². The van der Waals surface area contributed by atoms with Crippen LogP contribution in [0.1, 0.15) is 17.0 Å². The minimum atomic E-state index is -0.343. The van der Waals surface area contributed by atoms with Crippen LogP contribution in [0, 0.1) is 13.8 Å². The second kappa shape index (κ2) is 6.99. The average Bonchev–Trinajstić information content (AvgIpc) is 3.30. The number of hydrogen-bond donors (Lipinski definition) is 2. The highest BCUT2D eigenvalue weighted by molar-refractivity contribution is 5.90. The van der Waals surface area contributed by atoms with Gasteiger partial charge in [0.15, 0.2) is 11.5 Å². The Morgan fingerprint density at radius 2 is 1.96 bits per heavy atom. The van der Waals surface area contributed by atoms with Gasteiger partial charge in [-0.3, -0.25) is 0 Å². The molecule has 0 fully saturated rings. The molecule has 2 amide bonds. The summed E-state index contributed by atoms with van der Waals surface area (Å²) in [5, 5.41) is 9.45. The zero-order chi connectivity index (χ0) is 18.8. The van der Waals surface area contributed by atoms with Crippen LogP contribution >= 0.6 is 0 Å². The van der Waals surface area contributed by atoms with Crippen molar-refractivity contribution < 1.29 is 18.8 Å². The molecule has 1 aliphatic heterocycles. The SMILES string of the molecule is Cc1ccc(NC(=O)NCc2nc(-c3ccc4c(c3)OCO4)no2)c(C)c1. The van der Waals surface area contributed by atoms with Crippen LogP contribution in [0.25, 0.3) is 11.4 Å². The molecular formula is C19H18N4O4. The molecule has 2 aromatic carbocycles. The predicted octanol–water partition coefficient (Wildman–Crippen LogP) is 3.40. The molecule has 2 N–H and O–H groups in total. The third-order valence-corrected chi connectivity index (χ3v) is 4.13. The highest BCUT2D eigenvalue weighted by Gasteiger charge is 2.16. The molecule has 4 rings (SSSR count). The molecule has 27 heavy (non-hydrogen) atoms. The molecule has 8 heteroatoms. The number of fused-ring (bicyclic) bond motifs is 1. The van der Waals surface area contributed by atoms with Crippen LogP contribution in [0.5, 0.6) is 11.5 Å². The second-order valence-electron chi connectivity index (χ2n) is 6.21. The number of benzene rings is 2. The number of anilines is 1. The number of amides is 2. The highest BCUT2D eigenvalue weighted by Crippen LogP contribution is 2.35. The normalized spacial score (nSPS) is 12.1. The standard InChI is InChI=1S/C19H18N4O4/c1-11-3-5-14(12(2)7-11)21-19(24)20-9-17-22-18(23-27-17)13-4-6-15-16(8-13)26-10-25-15/h3-8H,9-10H2,1-2H3,(H2,20,21,24). The quantitative estimate of drug-likeness (QED) is 0.734. The Kier molecular flexibility index (Phi) is 4.37. The maximum atomic E-state index is 12.1. The van der Waals surface area contributed by atoms with Crippen molar-refractivity contribution in [2.24, 2.45) is 0 Å². The van der Waals surface area contributed by atoms with Crippen molar-refractivity contribution in [3.8, 4) is 22.9 Å². The molecule has 0 bridgehead atoms. The van der Waals surface area contributed by atoms with Gasteiger partial charge in [0, 0.05) is 11.3 Å². The first kappa shape index (κ1) is 16.9. The molecule has 8 nitrogen and oxygen atoms in total. The van der Waals surface area contributed by atoms with Gasteiger partial charge in [-0.25, -0.2) is 4.79 Å². The van der Waals surface area contributed by atoms with Crippen molar-refractivity contribution in [2.45, 2.75) is 20.4 Å². The molecular weight excluding hydrogens is 348 g/mol. The molecule has 0 atom stereocenters. The molecule has 0 spiro atoms. The Labute approximate surface area is 155 Å². The Morgan fingerprint density at radius 1 is 1.11 bits per heavy atom. The van der Waals surface area contributed by atoms with E-state index >= 15 is 0 Å². The fourth-order valence-corrected chi connectivity index (χ4v) is 2.76. The number of nitrogens with zero attached hydrogens (tertiary/aromatic N) is 2. The van der Waals surface area contributed by atoms with E-state index in [2.05, 4.69) is 20.8 Å². The smallest absolute Gasteiger partial charge is 0.319 e. The molecule has 0 unspecified atom stereocenters. The van der Waals surface area contributed by atoms with Gasteiger partial charge in [-0.05, 0) is 43.7 Å². The minimum absolute atomic E-state index is 0.119. The molecule has 0 saturated carbocycles. The molecule has 0 radical (unpaired) electrons. The molecule has 3 aromatic rings. The molecule has 138 valence electrons. The number of hydrogen-bond acceptors (Lipinski definition) is 6. The summed E-state index contributed by atoms with van der Waals surface area (Å²) in [5.74, 6) is 2.05. The van der Waals surface area contributed by atoms with Crippen molar-refractivity contribution in [3.05, 3.63) is 53.4 Å². The first-order valence-electron chi connectivity index (χ1n) is 8.43. The lowest BCUT2D eigenvalue weighted by Gasteiger charge is -2.09. The summed E-state index contributed by atoms with van der Waals surface area (Å²) in [6.45, 7) is 4.27. The summed E-state index contributed by atoms with van der Waals surface area (Å²) in [7, 11) is 0. The second-order valence-corrected chi connectivity index (χ2v) is 6.21. The molecule has 0 aliphatic carbocycles. The van der Waals surface area contributed by atoms with E-state index in [0.717, 1.165) is 22.4 Å². The monoisotopic (exact) mass is 366 g/mol. The van der Waals surface area contributed by atoms with Gasteiger partial charge in [-0.15, -0.1) is 0 Å². The number of nitrogens with one attached hydrogen (secondary N) is 2. The van der Waals surface area contributed by atoms with E-state index in [1.807, 2.05) is 38.1 Å². The fraction of sp³-hybridized carbons (Fsp3) is 0.211. The third-order valence-electron chi connectivity index (χ3n) is 4.13. The molecule has 1 aliphatic rings. The Hall–Kier alpha value is -3.55. The molecule has 0 saturated heterocycles. The van der Waals surface area contributed by atoms with Gasteiger partial charge in [-0.2, -0.15) is 4.98 Å². The number of ether oxygens (including phenoxy) is 2. The number of urea groups is 1. The van der Waals surface area contributed by atoms with Crippen molar-refractivity contribution >= 4 is 11.7 Å². The van der Waals surface area contributed by atoms with Crippen LogP contribution in [0.3, 0.4) is 0 Å². The lowest BCUT2D eigenvalue weighted by Crippen LogP contribution is -2.28. The number of carbonyl (C=O) groups excluding carboxylic acids is 1. The predicted molar refractivity (Wildman–Crippen MR) is 97.6 cm³/mol. The lowest BCUT2D eigenvalue weighted by atomic mass is 10.1. The van der Waals surface area contributed by atoms with E-state index in [-0.39, 0.29) is 19.4 Å². The van der Waals surface area contributed by atoms with Crippen LogP contribution in [0.2, 0.25) is 0 Å². The van der Waals surface area contributed by atoms with Crippen molar-refractivity contribution in [3.63, 3.8) is 0 Å². The number of carbonyl (C=O) groups is 1. The highest BCUT2D eigenvalue weighted by atomic mass is 16.7. The maximum absolute atomic E-state index is 12.1. The minimum Gasteiger partial charge on any atom is -0.454 e. The van der Waals surface area contributed by atoms with Gasteiger partial charge >= 0.3 is 6.03 Å². The van der Waals surface area contributed by atoms with Gasteiger partial charge < -0.3 is 24.6 Å². The van der Waals surface area contributed by atoms with Crippen LogP contribution in [-0.4, -0.2) is 23.0 Å². The summed E-state index contributed by atoms with van der Waals surface area (Å²) in [6.07, 6.45) is 0. The number of rotatable bonds is 4. The summed E-state index contributed by atoms with van der Waals surface area (Å²) in [5.41, 5.74) is 3.63. The van der Waals surface area contributed by atoms with Gasteiger partial charge in [0.25, 0.3) is 0 Å². The Morgan fingerprint density at radius 3 is 2.81 bits per heavy atom. The van der Waals surface area contributed by atoms with E-state index in [4.69, 9.17) is 14.0 Å². The van der Waals surface area contributed by atoms with E-state index in [9.17, 15) is 4.79 Å². The fourth-order valence-electron chi connectivity index (χ4n) is 2.76. The van der Waals surface area contributed by atoms with Crippen molar-refractivity contribution in [2.75, 3.05) is 12.1 Å². The van der Waals surface area contributed by atoms with Gasteiger partial charge in [0.2, 0.25) is 18.5 Å². The van der Waals surface area contributed by atoms with E-state index < -0.39 is 0 Å². The summed E-state index contributed by atoms with van der Waals surface area (Å²) in [4.78, 5) is 16.4. The summed E-state index contributed by atoms with van der Waals surface area (Å²) < 4.78 is 15.8. The largest absolute Gasteiger partial charge is 0.454 e. The van der Waals surface area contributed by atoms with E-state index in [1.165, 1.54) is 0 Å². The zero-order valence-electron chi connectivity index (χ0n) is 14.9. The topological polar surface area (TPSA) is 98.5 Å². The average molecular weight is 366 g/mol. The van der Waals surface area contributed by atoms with E-state index in [1.54, 1.807) is 12.1 Å². The first-order valence-corrected chi connectivity index (χ1v) is 8.43. The Bertz CT molecular complexity index is 999. The van der Waals surface area contributed by atoms with Crippen molar-refractivity contribution in [1.29, 1.82) is 0 Å². The first-order chi connectivity index (χ1) is 13.1. The van der Waals surface area contributed by atoms with E-state index in [0.29, 0.717) is 23.2 Å². The van der Waals surface area contributed by atoms with Gasteiger partial charge in [0.05, 0.1) is 6.54 Å².